The second-order valence-electron chi connectivity index (χ2n) is 0.604. The SMILES string of the molecule is C.[CH2-]CNC.[CH3-].[W+2]. The molecule has 0 unspecified atom stereocenters. The third-order valence-electron chi connectivity index (χ3n) is 0.250. The maximum Gasteiger partial charge on any atom is 2.00 e. The largest absolute Gasteiger partial charge is 2.00 e. The molecule has 2 heteroatoms. The number of rotatable bonds is 1. The molecule has 46 valence electrons. The molecule has 0 radical (unpaired) electrons. The summed E-state index contributed by atoms with van der Waals surface area (Å²) in [5, 5.41) is 2.82. The summed E-state index contributed by atoms with van der Waals surface area (Å²) in [6.07, 6.45) is 0. The van der Waals surface area contributed by atoms with E-state index in [0.717, 1.165) is 6.54 Å². The molecule has 0 aromatic heterocycles. The molecule has 0 rings (SSSR count). The Bertz CT molecular complexity index is 10.0. The first-order valence-corrected chi connectivity index (χ1v) is 1.35. The van der Waals surface area contributed by atoms with Crippen LogP contribution >= 0.6 is 0 Å². The van der Waals surface area contributed by atoms with Crippen molar-refractivity contribution in [3.05, 3.63) is 14.4 Å². The smallest absolute Gasteiger partial charge is 0.358 e. The van der Waals surface area contributed by atoms with E-state index in [4.69, 9.17) is 0 Å². The fraction of sp³-hybridized carbons (Fsp3) is 0.600. The molecule has 0 spiro atoms. The molecule has 0 aromatic carbocycles. The fourth-order valence-electron chi connectivity index (χ4n) is 0. The van der Waals surface area contributed by atoms with Gasteiger partial charge in [0.2, 0.25) is 0 Å². The van der Waals surface area contributed by atoms with Gasteiger partial charge in [-0.2, -0.15) is 0 Å². The zero-order valence-corrected chi connectivity index (χ0v) is 7.26. The Morgan fingerprint density at radius 3 is 1.71 bits per heavy atom. The second-order valence-corrected chi connectivity index (χ2v) is 0.604. The second kappa shape index (κ2) is 30.2. The van der Waals surface area contributed by atoms with Gasteiger partial charge in [-0.3, -0.25) is 0 Å². The summed E-state index contributed by atoms with van der Waals surface area (Å²) < 4.78 is 0. The van der Waals surface area contributed by atoms with E-state index < -0.39 is 0 Å². The van der Waals surface area contributed by atoms with Gasteiger partial charge in [-0.25, -0.2) is 0 Å². The minimum absolute atomic E-state index is 0. The van der Waals surface area contributed by atoms with Crippen LogP contribution in [0.4, 0.5) is 0 Å². The number of nitrogens with one attached hydrogen (secondary N) is 1. The van der Waals surface area contributed by atoms with Gasteiger partial charge < -0.3 is 19.7 Å². The van der Waals surface area contributed by atoms with Crippen molar-refractivity contribution in [2.75, 3.05) is 13.6 Å². The Kier molecular flexibility index (Phi) is 110. The summed E-state index contributed by atoms with van der Waals surface area (Å²) in [6, 6.07) is 0. The van der Waals surface area contributed by atoms with Crippen LogP contribution < -0.4 is 5.32 Å². The van der Waals surface area contributed by atoms with Crippen molar-refractivity contribution >= 4 is 0 Å². The molecular formula is C5H15NW. The van der Waals surface area contributed by atoms with Crippen LogP contribution in [0.1, 0.15) is 7.43 Å². The average Bonchev–Trinajstić information content (AvgIpc) is 1.37. The van der Waals surface area contributed by atoms with Gasteiger partial charge in [0.25, 0.3) is 0 Å². The maximum absolute atomic E-state index is 3.49. The Hall–Kier alpha value is 0.648. The standard InChI is InChI=1S/C3H8N.CH4.CH3.W/c1-3-4-2;;;/h4H,1,3H2,2H3;1H4;1H3;/q-1;;-1;+2. The molecule has 0 bridgehead atoms. The van der Waals surface area contributed by atoms with Crippen molar-refractivity contribution in [3.63, 3.8) is 0 Å². The molecule has 0 fully saturated rings. The van der Waals surface area contributed by atoms with Crippen molar-refractivity contribution in [1.29, 1.82) is 0 Å². The predicted octanol–water partition coefficient (Wildman–Crippen LogP) is 1.12. The molecular weight excluding hydrogens is 258 g/mol. The summed E-state index contributed by atoms with van der Waals surface area (Å²) in [4.78, 5) is 0. The Morgan fingerprint density at radius 2 is 1.71 bits per heavy atom. The van der Waals surface area contributed by atoms with Crippen molar-refractivity contribution < 1.29 is 21.1 Å². The van der Waals surface area contributed by atoms with Gasteiger partial charge >= 0.3 is 21.1 Å². The average molecular weight is 273 g/mol. The van der Waals surface area contributed by atoms with Crippen LogP contribution in [0, 0.1) is 14.4 Å². The topological polar surface area (TPSA) is 12.0 Å². The Morgan fingerprint density at radius 1 is 1.57 bits per heavy atom. The van der Waals surface area contributed by atoms with Crippen molar-refractivity contribution in [1.82, 2.24) is 5.32 Å². The summed E-state index contributed by atoms with van der Waals surface area (Å²) >= 11 is 0. The molecule has 1 N–H and O–H groups in total. The van der Waals surface area contributed by atoms with E-state index in [1.54, 1.807) is 0 Å². The third kappa shape index (κ3) is 52.9. The molecule has 0 aliphatic heterocycles. The predicted molar refractivity (Wildman–Crippen MR) is 32.4 cm³/mol. The minimum atomic E-state index is 0. The van der Waals surface area contributed by atoms with Crippen LogP contribution in [-0.2, 0) is 21.1 Å². The molecule has 7 heavy (non-hydrogen) atoms. The van der Waals surface area contributed by atoms with Gasteiger partial charge in [0.05, 0.1) is 0 Å². The summed E-state index contributed by atoms with van der Waals surface area (Å²) in [6.45, 7) is 4.31. The van der Waals surface area contributed by atoms with E-state index in [0.29, 0.717) is 0 Å². The first-order valence-electron chi connectivity index (χ1n) is 1.35. The van der Waals surface area contributed by atoms with E-state index >= 15 is 0 Å². The van der Waals surface area contributed by atoms with Crippen LogP contribution in [0.15, 0.2) is 0 Å². The van der Waals surface area contributed by atoms with Gasteiger partial charge in [0.15, 0.2) is 0 Å². The first-order chi connectivity index (χ1) is 1.91. The van der Waals surface area contributed by atoms with E-state index in [-0.39, 0.29) is 35.9 Å². The molecule has 0 aliphatic carbocycles. The van der Waals surface area contributed by atoms with Gasteiger partial charge in [-0.15, -0.1) is 6.54 Å². The summed E-state index contributed by atoms with van der Waals surface area (Å²) in [5.74, 6) is 0. The summed E-state index contributed by atoms with van der Waals surface area (Å²) in [5.41, 5.74) is 0. The molecule has 0 saturated carbocycles. The van der Waals surface area contributed by atoms with Gasteiger partial charge in [-0.1, -0.05) is 7.43 Å². The molecule has 1 nitrogen and oxygen atoms in total. The van der Waals surface area contributed by atoms with E-state index in [9.17, 15) is 0 Å². The molecule has 0 atom stereocenters. The fourth-order valence-corrected chi connectivity index (χ4v) is 0. The minimum Gasteiger partial charge on any atom is -0.358 e. The van der Waals surface area contributed by atoms with Crippen LogP contribution in [0.2, 0.25) is 0 Å². The van der Waals surface area contributed by atoms with E-state index in [1.807, 2.05) is 7.05 Å². The quantitative estimate of drug-likeness (QED) is 0.706. The van der Waals surface area contributed by atoms with Gasteiger partial charge in [0.1, 0.15) is 0 Å². The molecule has 0 aromatic rings. The van der Waals surface area contributed by atoms with Crippen molar-refractivity contribution in [3.8, 4) is 0 Å². The van der Waals surface area contributed by atoms with Crippen LogP contribution in [0.5, 0.6) is 0 Å². The molecule has 0 aliphatic rings. The monoisotopic (exact) mass is 273 g/mol. The van der Waals surface area contributed by atoms with Crippen molar-refractivity contribution in [2.45, 2.75) is 7.43 Å². The zero-order valence-electron chi connectivity index (χ0n) is 4.32. The van der Waals surface area contributed by atoms with E-state index in [2.05, 4.69) is 12.2 Å². The van der Waals surface area contributed by atoms with E-state index in [1.165, 1.54) is 0 Å². The Labute approximate surface area is 62.1 Å². The molecule has 0 saturated heterocycles. The number of hydrogen-bond acceptors (Lipinski definition) is 1. The normalized spacial score (nSPS) is 4.29. The molecule has 0 heterocycles. The zero-order chi connectivity index (χ0) is 3.41. The van der Waals surface area contributed by atoms with Gasteiger partial charge in [-0.05, 0) is 7.05 Å². The third-order valence-corrected chi connectivity index (χ3v) is 0.250. The summed E-state index contributed by atoms with van der Waals surface area (Å²) in [7, 11) is 1.87. The van der Waals surface area contributed by atoms with Crippen LogP contribution in [-0.4, -0.2) is 13.6 Å². The molecule has 0 amide bonds. The number of hydrogen-bond donors (Lipinski definition) is 1. The Balaban J connectivity index is -0.0000000150. The van der Waals surface area contributed by atoms with Crippen molar-refractivity contribution in [2.24, 2.45) is 0 Å². The first kappa shape index (κ1) is 25.4. The van der Waals surface area contributed by atoms with Gasteiger partial charge in [0, 0.05) is 0 Å². The maximum atomic E-state index is 3.49. The van der Waals surface area contributed by atoms with Crippen LogP contribution in [0.25, 0.3) is 0 Å². The van der Waals surface area contributed by atoms with Crippen LogP contribution in [0.3, 0.4) is 0 Å².